The van der Waals surface area contributed by atoms with Gasteiger partial charge in [0.15, 0.2) is 0 Å². The molecule has 10 nitrogen and oxygen atoms in total. The third-order valence-electron chi connectivity index (χ3n) is 3.48. The van der Waals surface area contributed by atoms with Crippen LogP contribution in [-0.4, -0.2) is 64.4 Å². The fourth-order valence-corrected chi connectivity index (χ4v) is 6.12. The Labute approximate surface area is 154 Å². The van der Waals surface area contributed by atoms with E-state index in [9.17, 15) is 18.3 Å². The summed E-state index contributed by atoms with van der Waals surface area (Å²) in [6.45, 7) is 7.22. The molecule has 12 heteroatoms. The lowest BCUT2D eigenvalue weighted by Gasteiger charge is -2.28. The number of nitrogens with one attached hydrogen (secondary N) is 3. The normalized spacial score (nSPS) is 12.6. The second kappa shape index (κ2) is 10.8. The van der Waals surface area contributed by atoms with Crippen LogP contribution in [-0.2, 0) is 29.7 Å². The molecular weight excluding hydrogens is 382 g/mol. The van der Waals surface area contributed by atoms with Gasteiger partial charge in [-0.15, -0.1) is 0 Å². The van der Waals surface area contributed by atoms with Crippen LogP contribution in [0, 0.1) is 0 Å². The highest BCUT2D eigenvalue weighted by Crippen LogP contribution is 2.18. The van der Waals surface area contributed by atoms with Gasteiger partial charge in [-0.1, -0.05) is 0 Å². The summed E-state index contributed by atoms with van der Waals surface area (Å²) in [4.78, 5) is 15.5. The zero-order valence-electron chi connectivity index (χ0n) is 15.5. The third kappa shape index (κ3) is 7.59. The van der Waals surface area contributed by atoms with E-state index in [0.29, 0.717) is 32.3 Å². The average molecular weight is 412 g/mol. The van der Waals surface area contributed by atoms with Gasteiger partial charge in [0.2, 0.25) is 15.9 Å². The molecule has 1 rings (SSSR count). The summed E-state index contributed by atoms with van der Waals surface area (Å²) in [5, 5.41) is 9.44. The van der Waals surface area contributed by atoms with Crippen molar-refractivity contribution in [1.82, 2.24) is 14.7 Å². The van der Waals surface area contributed by atoms with E-state index >= 15 is 0 Å². The van der Waals surface area contributed by atoms with Crippen LogP contribution in [0.1, 0.15) is 32.9 Å². The van der Waals surface area contributed by atoms with Crippen molar-refractivity contribution in [3.05, 3.63) is 16.2 Å². The topological polar surface area (TPSA) is 143 Å². The van der Waals surface area contributed by atoms with Gasteiger partial charge >= 0.3 is 14.5 Å². The minimum Gasteiger partial charge on any atom is -0.493 e. The van der Waals surface area contributed by atoms with Gasteiger partial charge in [-0.3, -0.25) is 4.98 Å². The Morgan fingerprint density at radius 2 is 1.65 bits per heavy atom. The maximum atomic E-state index is 12.0. The first-order valence-electron chi connectivity index (χ1n) is 8.66. The maximum absolute atomic E-state index is 12.0. The first kappa shape index (κ1) is 22.9. The van der Waals surface area contributed by atoms with E-state index in [0.717, 1.165) is 0 Å². The quantitative estimate of drug-likeness (QED) is 0.255. The van der Waals surface area contributed by atoms with Crippen LogP contribution in [0.15, 0.2) is 4.79 Å². The van der Waals surface area contributed by atoms with Crippen LogP contribution >= 0.6 is 0 Å². The molecular formula is C14H29N3O7SSi. The lowest BCUT2D eigenvalue weighted by molar-refractivity contribution is 0.0709. The van der Waals surface area contributed by atoms with Gasteiger partial charge in [-0.05, 0) is 27.2 Å². The molecule has 0 fully saturated rings. The molecule has 0 aliphatic heterocycles. The van der Waals surface area contributed by atoms with Crippen LogP contribution in [0.4, 0.5) is 0 Å². The highest BCUT2D eigenvalue weighted by molar-refractivity contribution is 7.89. The van der Waals surface area contributed by atoms with Crippen LogP contribution in [0.5, 0.6) is 5.88 Å². The van der Waals surface area contributed by atoms with Gasteiger partial charge in [-0.25, -0.2) is 17.9 Å². The molecule has 0 saturated heterocycles. The molecule has 4 N–H and O–H groups in total. The largest absolute Gasteiger partial charge is 0.500 e. The molecule has 0 amide bonds. The Balaban J connectivity index is 2.48. The summed E-state index contributed by atoms with van der Waals surface area (Å²) in [6.07, 6.45) is 0.507. The summed E-state index contributed by atoms with van der Waals surface area (Å²) in [5.74, 6) is -0.592. The molecule has 1 heterocycles. The number of hydrogen-bond acceptors (Lipinski definition) is 7. The van der Waals surface area contributed by atoms with Crippen molar-refractivity contribution in [3.63, 3.8) is 0 Å². The SMILES string of the molecule is CCO[Si](CCCNS(=O)(=O)CCc1[nH]c(=O)[nH]c1O)(OCC)OCC. The molecule has 0 atom stereocenters. The van der Waals surface area contributed by atoms with Crippen molar-refractivity contribution < 1.29 is 26.8 Å². The van der Waals surface area contributed by atoms with E-state index in [1.54, 1.807) is 0 Å². The monoisotopic (exact) mass is 411 g/mol. The van der Waals surface area contributed by atoms with E-state index in [4.69, 9.17) is 13.3 Å². The van der Waals surface area contributed by atoms with E-state index in [2.05, 4.69) is 14.7 Å². The summed E-state index contributed by atoms with van der Waals surface area (Å²) >= 11 is 0. The van der Waals surface area contributed by atoms with Gasteiger partial charge in [0, 0.05) is 38.8 Å². The number of hydrogen-bond donors (Lipinski definition) is 4. The molecule has 0 aromatic carbocycles. The van der Waals surface area contributed by atoms with E-state index in [-0.39, 0.29) is 30.3 Å². The van der Waals surface area contributed by atoms with Gasteiger partial charge in [0.25, 0.3) is 0 Å². The number of aromatic amines is 2. The summed E-state index contributed by atoms with van der Waals surface area (Å²) in [7, 11) is -6.33. The number of aromatic hydroxyl groups is 1. The number of H-pyrrole nitrogens is 2. The standard InChI is InChI=1S/C14H29N3O7SSi/c1-4-22-26(23-5-2,24-6-3)11-7-9-15-25(20,21)10-8-12-13(18)17-14(19)16-12/h15,18H,4-11H2,1-3H3,(H2,16,17,19). The van der Waals surface area contributed by atoms with Gasteiger partial charge in [0.1, 0.15) is 0 Å². The van der Waals surface area contributed by atoms with Gasteiger partial charge < -0.3 is 23.4 Å². The molecule has 0 aliphatic carbocycles. The molecule has 0 radical (unpaired) electrons. The Hall–Kier alpha value is -1.18. The maximum Gasteiger partial charge on any atom is 0.500 e. The van der Waals surface area contributed by atoms with Crippen molar-refractivity contribution in [1.29, 1.82) is 0 Å². The molecule has 152 valence electrons. The number of sulfonamides is 1. The zero-order chi connectivity index (χ0) is 19.6. The van der Waals surface area contributed by atoms with Crippen molar-refractivity contribution in [3.8, 4) is 5.88 Å². The predicted octanol–water partition coefficient (Wildman–Crippen LogP) is 0.309. The minimum absolute atomic E-state index is 0.00453. The minimum atomic E-state index is -3.55. The zero-order valence-corrected chi connectivity index (χ0v) is 17.3. The fraction of sp³-hybridized carbons (Fsp3) is 0.786. The third-order valence-corrected chi connectivity index (χ3v) is 8.01. The lowest BCUT2D eigenvalue weighted by Crippen LogP contribution is -2.46. The van der Waals surface area contributed by atoms with E-state index in [1.807, 2.05) is 20.8 Å². The Morgan fingerprint density at radius 3 is 2.12 bits per heavy atom. The van der Waals surface area contributed by atoms with Gasteiger partial charge in [0.05, 0.1) is 11.4 Å². The molecule has 1 aromatic rings. The highest BCUT2D eigenvalue weighted by atomic mass is 32.2. The van der Waals surface area contributed by atoms with Crippen LogP contribution in [0.2, 0.25) is 6.04 Å². The smallest absolute Gasteiger partial charge is 0.493 e. The Bertz CT molecular complexity index is 672. The van der Waals surface area contributed by atoms with Crippen LogP contribution < -0.4 is 10.4 Å². The number of aryl methyl sites for hydroxylation is 1. The van der Waals surface area contributed by atoms with Crippen molar-refractivity contribution >= 4 is 18.8 Å². The van der Waals surface area contributed by atoms with E-state index < -0.39 is 24.5 Å². The lowest BCUT2D eigenvalue weighted by atomic mass is 10.4. The predicted molar refractivity (Wildman–Crippen MR) is 98.6 cm³/mol. The second-order valence-electron chi connectivity index (χ2n) is 5.46. The first-order valence-corrected chi connectivity index (χ1v) is 12.2. The second-order valence-corrected chi connectivity index (χ2v) is 10.1. The fourth-order valence-electron chi connectivity index (χ4n) is 2.43. The van der Waals surface area contributed by atoms with Crippen LogP contribution in [0.3, 0.4) is 0 Å². The Morgan fingerprint density at radius 1 is 1.08 bits per heavy atom. The van der Waals surface area contributed by atoms with Crippen molar-refractivity contribution in [2.24, 2.45) is 0 Å². The molecule has 26 heavy (non-hydrogen) atoms. The van der Waals surface area contributed by atoms with Crippen LogP contribution in [0.25, 0.3) is 0 Å². The summed E-state index contributed by atoms with van der Waals surface area (Å²) < 4.78 is 43.7. The van der Waals surface area contributed by atoms with Gasteiger partial charge in [-0.2, -0.15) is 0 Å². The molecule has 0 bridgehead atoms. The van der Waals surface area contributed by atoms with E-state index in [1.165, 1.54) is 0 Å². The first-order chi connectivity index (χ1) is 12.3. The average Bonchev–Trinajstić information content (AvgIpc) is 2.88. The molecule has 0 spiro atoms. The van der Waals surface area contributed by atoms with Crippen molar-refractivity contribution in [2.45, 2.75) is 39.7 Å². The molecule has 0 saturated carbocycles. The summed E-state index contributed by atoms with van der Waals surface area (Å²) in [5.41, 5.74) is -0.414. The van der Waals surface area contributed by atoms with Crippen molar-refractivity contribution in [2.75, 3.05) is 32.1 Å². The molecule has 0 aliphatic rings. The number of imidazole rings is 1. The Kier molecular flexibility index (Phi) is 9.53. The highest BCUT2D eigenvalue weighted by Gasteiger charge is 2.39. The molecule has 0 unspecified atom stereocenters. The summed E-state index contributed by atoms with van der Waals surface area (Å²) in [6, 6.07) is 0.511. The number of aromatic nitrogens is 2. The molecule has 1 aromatic heterocycles. The number of rotatable bonds is 14.